The van der Waals surface area contributed by atoms with E-state index in [0.29, 0.717) is 18.1 Å². The van der Waals surface area contributed by atoms with Gasteiger partial charge in [-0.1, -0.05) is 23.5 Å². The van der Waals surface area contributed by atoms with Crippen LogP contribution >= 0.6 is 11.3 Å². The highest BCUT2D eigenvalue weighted by molar-refractivity contribution is 7.15. The van der Waals surface area contributed by atoms with Crippen molar-refractivity contribution < 1.29 is 13.9 Å². The molecule has 0 aliphatic carbocycles. The molecule has 0 saturated carbocycles. The van der Waals surface area contributed by atoms with Gasteiger partial charge in [-0.05, 0) is 31.5 Å². The highest BCUT2D eigenvalue weighted by atomic mass is 32.1. The summed E-state index contributed by atoms with van der Waals surface area (Å²) in [4.78, 5) is 14.3. The molecule has 1 N–H and O–H groups in total. The van der Waals surface area contributed by atoms with Crippen LogP contribution in [-0.2, 0) is 16.0 Å². The number of hydrogen-bond donors (Lipinski definition) is 1. The molecular formula is C17H21FN4O2S. The van der Waals surface area contributed by atoms with Gasteiger partial charge in [0, 0.05) is 19.5 Å². The van der Waals surface area contributed by atoms with E-state index in [1.165, 1.54) is 23.5 Å². The molecule has 8 heteroatoms. The number of nitrogens with one attached hydrogen (secondary N) is 1. The van der Waals surface area contributed by atoms with Gasteiger partial charge in [-0.15, -0.1) is 10.2 Å². The third-order valence-electron chi connectivity index (χ3n) is 3.82. The summed E-state index contributed by atoms with van der Waals surface area (Å²) in [6.07, 6.45) is 0.732. The van der Waals surface area contributed by atoms with Crippen molar-refractivity contribution in [2.45, 2.75) is 32.5 Å². The van der Waals surface area contributed by atoms with Crippen LogP contribution in [0.1, 0.15) is 24.4 Å². The normalized spacial score (nSPS) is 21.2. The Morgan fingerprint density at radius 1 is 1.36 bits per heavy atom. The molecular weight excluding hydrogens is 343 g/mol. The van der Waals surface area contributed by atoms with Crippen LogP contribution in [-0.4, -0.2) is 52.8 Å². The lowest BCUT2D eigenvalue weighted by molar-refractivity contribution is -0.121. The number of benzene rings is 1. The number of halogens is 1. The molecule has 1 fully saturated rings. The molecule has 0 unspecified atom stereocenters. The Kier molecular flexibility index (Phi) is 5.72. The van der Waals surface area contributed by atoms with E-state index in [9.17, 15) is 9.18 Å². The SMILES string of the molecule is C[C@H]1CN(CC(=O)Nc2nnc(Cc3cccc(F)c3)s2)C[C@H](C)O1. The van der Waals surface area contributed by atoms with Crippen molar-refractivity contribution in [3.05, 3.63) is 40.7 Å². The highest BCUT2D eigenvalue weighted by Gasteiger charge is 2.24. The molecule has 1 saturated heterocycles. The smallest absolute Gasteiger partial charge is 0.240 e. The minimum Gasteiger partial charge on any atom is -0.373 e. The average molecular weight is 364 g/mol. The summed E-state index contributed by atoms with van der Waals surface area (Å²) in [5.74, 6) is -0.390. The van der Waals surface area contributed by atoms with Crippen LogP contribution in [0.3, 0.4) is 0 Å². The molecule has 2 atom stereocenters. The number of rotatable bonds is 5. The van der Waals surface area contributed by atoms with Crippen LogP contribution in [0.2, 0.25) is 0 Å². The molecule has 1 aromatic carbocycles. The van der Waals surface area contributed by atoms with Crippen molar-refractivity contribution in [1.29, 1.82) is 0 Å². The predicted molar refractivity (Wildman–Crippen MR) is 94.2 cm³/mol. The standard InChI is InChI=1S/C17H21FN4O2S/c1-11-8-22(9-12(2)24-11)10-15(23)19-17-21-20-16(25-17)7-13-4-3-5-14(18)6-13/h3-6,11-12H,7-10H2,1-2H3,(H,19,21,23)/t11-,12-/m0/s1. The zero-order valence-electron chi connectivity index (χ0n) is 14.2. The summed E-state index contributed by atoms with van der Waals surface area (Å²) in [6.45, 7) is 5.78. The van der Waals surface area contributed by atoms with E-state index in [0.717, 1.165) is 23.7 Å². The molecule has 1 aromatic heterocycles. The fourth-order valence-electron chi connectivity index (χ4n) is 2.97. The van der Waals surface area contributed by atoms with Gasteiger partial charge < -0.3 is 4.74 Å². The lowest BCUT2D eigenvalue weighted by Gasteiger charge is -2.34. The molecule has 134 valence electrons. The van der Waals surface area contributed by atoms with Gasteiger partial charge in [-0.2, -0.15) is 0 Å². The van der Waals surface area contributed by atoms with Crippen molar-refractivity contribution in [3.8, 4) is 0 Å². The summed E-state index contributed by atoms with van der Waals surface area (Å²) in [7, 11) is 0. The maximum Gasteiger partial charge on any atom is 0.240 e. The largest absolute Gasteiger partial charge is 0.373 e. The second-order valence-corrected chi connectivity index (χ2v) is 7.37. The van der Waals surface area contributed by atoms with Crippen LogP contribution < -0.4 is 5.32 Å². The third kappa shape index (κ3) is 5.29. The number of carbonyl (C=O) groups excluding carboxylic acids is 1. The lowest BCUT2D eigenvalue weighted by Crippen LogP contribution is -2.48. The topological polar surface area (TPSA) is 67.4 Å². The van der Waals surface area contributed by atoms with Crippen molar-refractivity contribution >= 4 is 22.4 Å². The fourth-order valence-corrected chi connectivity index (χ4v) is 3.76. The molecule has 2 aromatic rings. The summed E-state index contributed by atoms with van der Waals surface area (Å²) in [6, 6.07) is 6.38. The summed E-state index contributed by atoms with van der Waals surface area (Å²) in [5, 5.41) is 12.0. The Morgan fingerprint density at radius 2 is 2.12 bits per heavy atom. The van der Waals surface area contributed by atoms with E-state index in [4.69, 9.17) is 4.74 Å². The first-order valence-corrected chi connectivity index (χ1v) is 9.04. The summed E-state index contributed by atoms with van der Waals surface area (Å²) < 4.78 is 18.9. The van der Waals surface area contributed by atoms with E-state index in [-0.39, 0.29) is 23.9 Å². The van der Waals surface area contributed by atoms with Gasteiger partial charge in [0.1, 0.15) is 10.8 Å². The first-order valence-electron chi connectivity index (χ1n) is 8.22. The molecule has 6 nitrogen and oxygen atoms in total. The van der Waals surface area contributed by atoms with Crippen molar-refractivity contribution in [1.82, 2.24) is 15.1 Å². The number of morpholine rings is 1. The zero-order chi connectivity index (χ0) is 17.8. The number of nitrogens with zero attached hydrogens (tertiary/aromatic N) is 3. The summed E-state index contributed by atoms with van der Waals surface area (Å²) >= 11 is 1.31. The average Bonchev–Trinajstić information content (AvgIpc) is 2.92. The van der Waals surface area contributed by atoms with E-state index in [1.54, 1.807) is 6.07 Å². The fraction of sp³-hybridized carbons (Fsp3) is 0.471. The number of carbonyl (C=O) groups is 1. The van der Waals surface area contributed by atoms with E-state index in [2.05, 4.69) is 20.4 Å². The van der Waals surface area contributed by atoms with Crippen molar-refractivity contribution in [2.75, 3.05) is 25.0 Å². The van der Waals surface area contributed by atoms with Crippen LogP contribution in [0, 0.1) is 5.82 Å². The Morgan fingerprint density at radius 3 is 2.84 bits per heavy atom. The molecule has 1 aliphatic heterocycles. The Bertz CT molecular complexity index is 729. The van der Waals surface area contributed by atoms with Gasteiger partial charge in [0.05, 0.1) is 18.8 Å². The quantitative estimate of drug-likeness (QED) is 0.882. The number of ether oxygens (including phenoxy) is 1. The van der Waals surface area contributed by atoms with Crippen LogP contribution in [0.15, 0.2) is 24.3 Å². The summed E-state index contributed by atoms with van der Waals surface area (Å²) in [5.41, 5.74) is 0.824. The Labute approximate surface area is 150 Å². The molecule has 0 bridgehead atoms. The second kappa shape index (κ2) is 7.99. The van der Waals surface area contributed by atoms with Gasteiger partial charge in [0.25, 0.3) is 0 Å². The molecule has 25 heavy (non-hydrogen) atoms. The predicted octanol–water partition coefficient (Wildman–Crippen LogP) is 2.32. The van der Waals surface area contributed by atoms with Gasteiger partial charge in [0.2, 0.25) is 11.0 Å². The van der Waals surface area contributed by atoms with Gasteiger partial charge >= 0.3 is 0 Å². The number of aromatic nitrogens is 2. The van der Waals surface area contributed by atoms with Crippen molar-refractivity contribution in [3.63, 3.8) is 0 Å². The Hall–Kier alpha value is -1.90. The van der Waals surface area contributed by atoms with Gasteiger partial charge in [-0.3, -0.25) is 15.0 Å². The second-order valence-electron chi connectivity index (χ2n) is 6.31. The number of hydrogen-bond acceptors (Lipinski definition) is 6. The molecule has 0 radical (unpaired) electrons. The lowest BCUT2D eigenvalue weighted by atomic mass is 10.1. The number of anilines is 1. The zero-order valence-corrected chi connectivity index (χ0v) is 15.1. The van der Waals surface area contributed by atoms with E-state index >= 15 is 0 Å². The molecule has 1 aliphatic rings. The van der Waals surface area contributed by atoms with Crippen LogP contribution in [0.5, 0.6) is 0 Å². The monoisotopic (exact) mass is 364 g/mol. The minimum atomic E-state index is -0.274. The molecule has 0 spiro atoms. The Balaban J connectivity index is 1.53. The molecule has 2 heterocycles. The van der Waals surface area contributed by atoms with Gasteiger partial charge in [-0.25, -0.2) is 4.39 Å². The van der Waals surface area contributed by atoms with Gasteiger partial charge in [0.15, 0.2) is 0 Å². The van der Waals surface area contributed by atoms with Crippen LogP contribution in [0.4, 0.5) is 9.52 Å². The first kappa shape index (κ1) is 17.9. The van der Waals surface area contributed by atoms with E-state index < -0.39 is 0 Å². The third-order valence-corrected chi connectivity index (χ3v) is 4.66. The molecule has 3 rings (SSSR count). The van der Waals surface area contributed by atoms with Crippen molar-refractivity contribution in [2.24, 2.45) is 0 Å². The van der Waals surface area contributed by atoms with E-state index in [1.807, 2.05) is 19.9 Å². The maximum absolute atomic E-state index is 13.2. The molecule has 1 amide bonds. The van der Waals surface area contributed by atoms with Crippen LogP contribution in [0.25, 0.3) is 0 Å². The minimum absolute atomic E-state index is 0.116. The number of amides is 1. The maximum atomic E-state index is 13.2. The first-order chi connectivity index (χ1) is 12.0. The highest BCUT2D eigenvalue weighted by Crippen LogP contribution is 2.19.